The fraction of sp³-hybridized carbons (Fsp3) is 0.353. The third-order valence-electron chi connectivity index (χ3n) is 9.07. The van der Waals surface area contributed by atoms with Crippen molar-refractivity contribution in [1.29, 1.82) is 0 Å². The topological polar surface area (TPSA) is 23.6 Å². The Balaban J connectivity index is 1.15. The molecule has 0 amide bonds. The standard InChI is InChI=1S/C34H35Cl2FN2OS/c1-38(22-26-11-13-32(37)28-7-3-2-6-27(26)28)21-25(24-10-12-30(35)31(36)20-24)14-17-39-18-15-34(16-19-39)23-41(40)33-9-5-4-8-29(33)34/h2-13,20,25H,14-19,21-23H2,1H3/t25-,41?/m1/s1. The minimum Gasteiger partial charge on any atom is -0.303 e. The molecule has 0 saturated carbocycles. The van der Waals surface area contributed by atoms with Crippen molar-refractivity contribution in [2.75, 3.05) is 39.0 Å². The summed E-state index contributed by atoms with van der Waals surface area (Å²) >= 11 is 12.7. The molecule has 1 unspecified atom stereocenters. The zero-order valence-electron chi connectivity index (χ0n) is 23.3. The highest BCUT2D eigenvalue weighted by Gasteiger charge is 2.44. The van der Waals surface area contributed by atoms with Gasteiger partial charge in [-0.25, -0.2) is 4.39 Å². The number of rotatable bonds is 8. The molecule has 214 valence electrons. The summed E-state index contributed by atoms with van der Waals surface area (Å²) in [6.45, 7) is 4.57. The molecule has 2 aliphatic rings. The first-order valence-corrected chi connectivity index (χ1v) is 16.4. The average Bonchev–Trinajstić information content (AvgIpc) is 3.26. The van der Waals surface area contributed by atoms with Crippen molar-refractivity contribution in [2.24, 2.45) is 0 Å². The highest BCUT2D eigenvalue weighted by Crippen LogP contribution is 2.45. The molecule has 0 radical (unpaired) electrons. The molecular formula is C34H35Cl2FN2OS. The summed E-state index contributed by atoms with van der Waals surface area (Å²) in [7, 11) is 1.24. The average molecular weight is 610 g/mol. The molecule has 41 heavy (non-hydrogen) atoms. The minimum absolute atomic E-state index is 0.0548. The van der Waals surface area contributed by atoms with Gasteiger partial charge in [-0.3, -0.25) is 4.21 Å². The first-order chi connectivity index (χ1) is 19.8. The van der Waals surface area contributed by atoms with Crippen LogP contribution in [0.4, 0.5) is 4.39 Å². The van der Waals surface area contributed by atoms with Crippen LogP contribution in [0.2, 0.25) is 10.0 Å². The van der Waals surface area contributed by atoms with Gasteiger partial charge in [0, 0.05) is 34.5 Å². The van der Waals surface area contributed by atoms with Crippen LogP contribution < -0.4 is 0 Å². The number of nitrogens with zero attached hydrogens (tertiary/aromatic N) is 2. The number of benzene rings is 4. The number of halogens is 3. The summed E-state index contributed by atoms with van der Waals surface area (Å²) in [6.07, 6.45) is 3.08. The van der Waals surface area contributed by atoms with Crippen molar-refractivity contribution in [3.05, 3.63) is 111 Å². The summed E-state index contributed by atoms with van der Waals surface area (Å²) in [4.78, 5) is 5.92. The number of hydrogen-bond acceptors (Lipinski definition) is 3. The van der Waals surface area contributed by atoms with E-state index in [0.29, 0.717) is 15.4 Å². The molecule has 0 N–H and O–H groups in total. The van der Waals surface area contributed by atoms with Crippen LogP contribution in [0.3, 0.4) is 0 Å². The van der Waals surface area contributed by atoms with E-state index in [1.54, 1.807) is 6.07 Å². The molecule has 7 heteroatoms. The number of likely N-dealkylation sites (tertiary alicyclic amines) is 1. The zero-order valence-corrected chi connectivity index (χ0v) is 25.6. The highest BCUT2D eigenvalue weighted by atomic mass is 35.5. The summed E-state index contributed by atoms with van der Waals surface area (Å²) in [5.74, 6) is 0.836. The van der Waals surface area contributed by atoms with E-state index >= 15 is 0 Å². The lowest BCUT2D eigenvalue weighted by Gasteiger charge is -2.40. The van der Waals surface area contributed by atoms with Crippen molar-refractivity contribution < 1.29 is 8.60 Å². The Morgan fingerprint density at radius 1 is 0.951 bits per heavy atom. The van der Waals surface area contributed by atoms with E-state index < -0.39 is 10.8 Å². The smallest absolute Gasteiger partial charge is 0.131 e. The molecule has 1 fully saturated rings. The minimum atomic E-state index is -0.888. The lowest BCUT2D eigenvalue weighted by molar-refractivity contribution is 0.163. The predicted octanol–water partition coefficient (Wildman–Crippen LogP) is 8.05. The highest BCUT2D eigenvalue weighted by molar-refractivity contribution is 7.85. The Morgan fingerprint density at radius 2 is 1.68 bits per heavy atom. The molecule has 3 nitrogen and oxygen atoms in total. The van der Waals surface area contributed by atoms with E-state index in [0.717, 1.165) is 73.6 Å². The van der Waals surface area contributed by atoms with Crippen LogP contribution in [0.1, 0.15) is 41.9 Å². The SMILES string of the molecule is CN(Cc1ccc(F)c2ccccc12)C[C@@H](CCN1CCC2(CC1)CS(=O)c1ccccc12)c1ccc(Cl)c(Cl)c1. The molecule has 2 atom stereocenters. The van der Waals surface area contributed by atoms with Gasteiger partial charge in [0.05, 0.1) is 20.8 Å². The molecule has 6 rings (SSSR count). The van der Waals surface area contributed by atoms with Gasteiger partial charge < -0.3 is 9.80 Å². The summed E-state index contributed by atoms with van der Waals surface area (Å²) in [5, 5.41) is 2.77. The summed E-state index contributed by atoms with van der Waals surface area (Å²) in [6, 6.07) is 25.5. The van der Waals surface area contributed by atoms with Crippen LogP contribution in [-0.4, -0.2) is 53.0 Å². The monoisotopic (exact) mass is 608 g/mol. The Bertz CT molecular complexity index is 1590. The van der Waals surface area contributed by atoms with Crippen molar-refractivity contribution in [2.45, 2.75) is 42.0 Å². The molecule has 2 heterocycles. The predicted molar refractivity (Wildman–Crippen MR) is 169 cm³/mol. The van der Waals surface area contributed by atoms with Crippen molar-refractivity contribution in [3.8, 4) is 0 Å². The van der Waals surface area contributed by atoms with E-state index in [1.165, 1.54) is 11.1 Å². The Hall–Kier alpha value is -2.28. The maximum atomic E-state index is 14.4. The second-order valence-corrected chi connectivity index (χ2v) is 13.9. The van der Waals surface area contributed by atoms with Crippen LogP contribution in [0.5, 0.6) is 0 Å². The van der Waals surface area contributed by atoms with E-state index in [-0.39, 0.29) is 17.2 Å². The molecule has 2 aliphatic heterocycles. The Labute approximate surface area is 254 Å². The first kappa shape index (κ1) is 28.8. The lowest BCUT2D eigenvalue weighted by Crippen LogP contribution is -2.44. The summed E-state index contributed by atoms with van der Waals surface area (Å²) in [5.41, 5.74) is 3.66. The van der Waals surface area contributed by atoms with Crippen LogP contribution in [0, 0.1) is 5.82 Å². The lowest BCUT2D eigenvalue weighted by atomic mass is 9.74. The third-order valence-corrected chi connectivity index (χ3v) is 11.5. The van der Waals surface area contributed by atoms with Gasteiger partial charge in [0.25, 0.3) is 0 Å². The van der Waals surface area contributed by atoms with Crippen LogP contribution in [0.25, 0.3) is 10.8 Å². The molecule has 0 bridgehead atoms. The van der Waals surface area contributed by atoms with Gasteiger partial charge in [-0.15, -0.1) is 0 Å². The van der Waals surface area contributed by atoms with Crippen molar-refractivity contribution >= 4 is 44.8 Å². The fourth-order valence-corrected chi connectivity index (χ4v) is 8.96. The molecular weight excluding hydrogens is 574 g/mol. The molecule has 0 aliphatic carbocycles. The van der Waals surface area contributed by atoms with Gasteiger partial charge in [0.1, 0.15) is 5.82 Å². The third kappa shape index (κ3) is 5.98. The van der Waals surface area contributed by atoms with E-state index in [9.17, 15) is 8.60 Å². The number of fused-ring (bicyclic) bond motifs is 3. The van der Waals surface area contributed by atoms with Gasteiger partial charge in [-0.1, -0.05) is 77.8 Å². The second-order valence-electron chi connectivity index (χ2n) is 11.7. The molecule has 1 spiro atoms. The van der Waals surface area contributed by atoms with Crippen LogP contribution in [0.15, 0.2) is 83.8 Å². The first-order valence-electron chi connectivity index (χ1n) is 14.3. The maximum absolute atomic E-state index is 14.4. The van der Waals surface area contributed by atoms with E-state index in [2.05, 4.69) is 35.0 Å². The summed E-state index contributed by atoms with van der Waals surface area (Å²) < 4.78 is 27.2. The Kier molecular flexibility index (Phi) is 8.54. The molecule has 0 aromatic heterocycles. The van der Waals surface area contributed by atoms with Gasteiger partial charge in [0.2, 0.25) is 0 Å². The zero-order chi connectivity index (χ0) is 28.6. The number of likely N-dealkylation sites (N-methyl/N-ethyl adjacent to an activating group) is 1. The molecule has 4 aromatic carbocycles. The Morgan fingerprint density at radius 3 is 2.46 bits per heavy atom. The van der Waals surface area contributed by atoms with Gasteiger partial charge in [0.15, 0.2) is 0 Å². The number of piperidine rings is 1. The number of hydrogen-bond donors (Lipinski definition) is 0. The quantitative estimate of drug-likeness (QED) is 0.202. The van der Waals surface area contributed by atoms with Gasteiger partial charge >= 0.3 is 0 Å². The van der Waals surface area contributed by atoms with Crippen LogP contribution in [-0.2, 0) is 22.8 Å². The van der Waals surface area contributed by atoms with E-state index in [4.69, 9.17) is 23.2 Å². The fourth-order valence-electron chi connectivity index (χ4n) is 6.79. The van der Waals surface area contributed by atoms with Crippen LogP contribution >= 0.6 is 23.2 Å². The molecule has 1 saturated heterocycles. The largest absolute Gasteiger partial charge is 0.303 e. The van der Waals surface area contributed by atoms with Gasteiger partial charge in [-0.2, -0.15) is 0 Å². The molecule has 4 aromatic rings. The normalized spacial score (nSPS) is 19.2. The van der Waals surface area contributed by atoms with E-state index in [1.807, 2.05) is 54.6 Å². The van der Waals surface area contributed by atoms with Crippen molar-refractivity contribution in [1.82, 2.24) is 9.80 Å². The van der Waals surface area contributed by atoms with Crippen molar-refractivity contribution in [3.63, 3.8) is 0 Å². The van der Waals surface area contributed by atoms with Gasteiger partial charge in [-0.05, 0) is 98.2 Å². The second kappa shape index (κ2) is 12.1. The maximum Gasteiger partial charge on any atom is 0.131 e.